The zero-order valence-electron chi connectivity index (χ0n) is 13.1. The van der Waals surface area contributed by atoms with Gasteiger partial charge in [-0.05, 0) is 20.4 Å². The largest absolute Gasteiger partial charge is 0.424 e. The van der Waals surface area contributed by atoms with Gasteiger partial charge in [-0.2, -0.15) is 13.2 Å². The molecule has 6 nitrogen and oxygen atoms in total. The SMILES string of the molecule is Cc1noc(C)c1CNCCC(O)(c1nccn1C)C(F)(F)F. The van der Waals surface area contributed by atoms with Crippen LogP contribution in [0.2, 0.25) is 0 Å². The van der Waals surface area contributed by atoms with Crippen LogP contribution in [0.5, 0.6) is 0 Å². The minimum absolute atomic E-state index is 0.0487. The van der Waals surface area contributed by atoms with Crippen molar-refractivity contribution in [2.24, 2.45) is 7.05 Å². The van der Waals surface area contributed by atoms with Crippen LogP contribution in [0.15, 0.2) is 16.9 Å². The van der Waals surface area contributed by atoms with Gasteiger partial charge in [0.05, 0.1) is 5.69 Å². The summed E-state index contributed by atoms with van der Waals surface area (Å²) in [6, 6.07) is 0. The molecule has 1 atom stereocenters. The summed E-state index contributed by atoms with van der Waals surface area (Å²) in [4.78, 5) is 3.65. The van der Waals surface area contributed by atoms with Crippen molar-refractivity contribution in [3.63, 3.8) is 0 Å². The summed E-state index contributed by atoms with van der Waals surface area (Å²) >= 11 is 0. The van der Waals surface area contributed by atoms with E-state index in [1.807, 2.05) is 0 Å². The summed E-state index contributed by atoms with van der Waals surface area (Å²) in [7, 11) is 1.41. The van der Waals surface area contributed by atoms with Gasteiger partial charge in [0.15, 0.2) is 0 Å². The van der Waals surface area contributed by atoms with Crippen molar-refractivity contribution >= 4 is 0 Å². The van der Waals surface area contributed by atoms with Gasteiger partial charge >= 0.3 is 6.18 Å². The molecular weight excluding hydrogens is 313 g/mol. The van der Waals surface area contributed by atoms with Crippen LogP contribution in [0.1, 0.15) is 29.3 Å². The lowest BCUT2D eigenvalue weighted by molar-refractivity contribution is -0.272. The number of hydrogen-bond acceptors (Lipinski definition) is 5. The van der Waals surface area contributed by atoms with Crippen LogP contribution in [-0.2, 0) is 19.2 Å². The van der Waals surface area contributed by atoms with Crippen molar-refractivity contribution in [2.45, 2.75) is 38.6 Å². The minimum Gasteiger partial charge on any atom is -0.374 e. The topological polar surface area (TPSA) is 76.1 Å². The van der Waals surface area contributed by atoms with Crippen LogP contribution >= 0.6 is 0 Å². The van der Waals surface area contributed by atoms with Gasteiger partial charge in [-0.1, -0.05) is 5.16 Å². The maximum absolute atomic E-state index is 13.3. The Bertz CT molecular complexity index is 646. The smallest absolute Gasteiger partial charge is 0.374 e. The molecule has 2 aromatic heterocycles. The second-order valence-electron chi connectivity index (χ2n) is 5.45. The molecule has 0 bridgehead atoms. The molecule has 2 aromatic rings. The lowest BCUT2D eigenvalue weighted by Crippen LogP contribution is -2.46. The first kappa shape index (κ1) is 17.5. The average Bonchev–Trinajstić information content (AvgIpc) is 3.01. The number of aliphatic hydroxyl groups is 1. The van der Waals surface area contributed by atoms with E-state index in [0.717, 1.165) is 5.56 Å². The van der Waals surface area contributed by atoms with Crippen LogP contribution in [0.25, 0.3) is 0 Å². The van der Waals surface area contributed by atoms with Crippen LogP contribution < -0.4 is 5.32 Å². The van der Waals surface area contributed by atoms with Crippen LogP contribution in [-0.4, -0.2) is 32.5 Å². The Balaban J connectivity index is 2.05. The molecule has 0 saturated heterocycles. The molecule has 0 aliphatic heterocycles. The second-order valence-corrected chi connectivity index (χ2v) is 5.45. The first-order valence-corrected chi connectivity index (χ1v) is 7.06. The monoisotopic (exact) mass is 332 g/mol. The molecule has 0 aliphatic carbocycles. The maximum Gasteiger partial charge on any atom is 0.424 e. The highest BCUT2D eigenvalue weighted by molar-refractivity contribution is 5.20. The Hall–Kier alpha value is -1.87. The van der Waals surface area contributed by atoms with Crippen LogP contribution in [0.3, 0.4) is 0 Å². The van der Waals surface area contributed by atoms with E-state index in [0.29, 0.717) is 18.0 Å². The van der Waals surface area contributed by atoms with E-state index in [2.05, 4.69) is 15.5 Å². The first-order valence-electron chi connectivity index (χ1n) is 7.06. The van der Waals surface area contributed by atoms with E-state index in [4.69, 9.17) is 4.52 Å². The second kappa shape index (κ2) is 6.32. The number of alkyl halides is 3. The van der Waals surface area contributed by atoms with Gasteiger partial charge in [0.25, 0.3) is 0 Å². The number of aryl methyl sites for hydroxylation is 3. The normalized spacial score (nSPS) is 14.9. The van der Waals surface area contributed by atoms with Gasteiger partial charge in [0.1, 0.15) is 11.6 Å². The van der Waals surface area contributed by atoms with Crippen molar-refractivity contribution in [3.8, 4) is 0 Å². The fourth-order valence-corrected chi connectivity index (χ4v) is 2.38. The zero-order chi connectivity index (χ0) is 17.3. The highest BCUT2D eigenvalue weighted by Crippen LogP contribution is 2.40. The van der Waals surface area contributed by atoms with E-state index in [9.17, 15) is 18.3 Å². The number of rotatable bonds is 6. The van der Waals surface area contributed by atoms with Crippen molar-refractivity contribution in [2.75, 3.05) is 6.54 Å². The summed E-state index contributed by atoms with van der Waals surface area (Å²) in [5.41, 5.74) is -1.51. The fraction of sp³-hybridized carbons (Fsp3) is 0.571. The molecule has 0 spiro atoms. The van der Waals surface area contributed by atoms with Crippen molar-refractivity contribution in [1.29, 1.82) is 0 Å². The third kappa shape index (κ3) is 3.40. The van der Waals surface area contributed by atoms with Gasteiger partial charge in [-0.15, -0.1) is 0 Å². The Morgan fingerprint density at radius 2 is 2.04 bits per heavy atom. The van der Waals surface area contributed by atoms with E-state index in [1.54, 1.807) is 13.8 Å². The van der Waals surface area contributed by atoms with Crippen molar-refractivity contribution in [1.82, 2.24) is 20.0 Å². The van der Waals surface area contributed by atoms with E-state index >= 15 is 0 Å². The Kier molecular flexibility index (Phi) is 4.81. The molecule has 128 valence electrons. The molecule has 0 aromatic carbocycles. The fourth-order valence-electron chi connectivity index (χ4n) is 2.38. The summed E-state index contributed by atoms with van der Waals surface area (Å²) in [5.74, 6) is 0.189. The van der Waals surface area contributed by atoms with Crippen LogP contribution in [0.4, 0.5) is 13.2 Å². The highest BCUT2D eigenvalue weighted by Gasteiger charge is 2.56. The van der Waals surface area contributed by atoms with Gasteiger partial charge in [-0.25, -0.2) is 4.98 Å². The lowest BCUT2D eigenvalue weighted by Gasteiger charge is -2.30. The number of hydrogen-bond donors (Lipinski definition) is 2. The van der Waals surface area contributed by atoms with E-state index < -0.39 is 24.0 Å². The summed E-state index contributed by atoms with van der Waals surface area (Å²) in [5, 5.41) is 16.8. The molecule has 2 rings (SSSR count). The molecule has 0 aliphatic rings. The molecule has 1 unspecified atom stereocenters. The molecule has 0 amide bonds. The van der Waals surface area contributed by atoms with Crippen molar-refractivity contribution in [3.05, 3.63) is 35.2 Å². The maximum atomic E-state index is 13.3. The number of nitrogens with zero attached hydrogens (tertiary/aromatic N) is 3. The average molecular weight is 332 g/mol. The van der Waals surface area contributed by atoms with E-state index in [-0.39, 0.29) is 6.54 Å². The Morgan fingerprint density at radius 1 is 1.35 bits per heavy atom. The van der Waals surface area contributed by atoms with Gasteiger partial charge in [-0.3, -0.25) is 0 Å². The highest BCUT2D eigenvalue weighted by atomic mass is 19.4. The summed E-state index contributed by atoms with van der Waals surface area (Å²) in [6.07, 6.45) is -2.78. The number of nitrogens with one attached hydrogen (secondary N) is 1. The molecular formula is C14H19F3N4O2. The molecule has 0 fully saturated rings. The first-order chi connectivity index (χ1) is 10.7. The number of aromatic nitrogens is 3. The number of imidazole rings is 1. The lowest BCUT2D eigenvalue weighted by atomic mass is 9.97. The molecule has 2 N–H and O–H groups in total. The minimum atomic E-state index is -4.82. The van der Waals surface area contributed by atoms with Crippen molar-refractivity contribution < 1.29 is 22.8 Å². The molecule has 23 heavy (non-hydrogen) atoms. The third-order valence-corrected chi connectivity index (χ3v) is 3.81. The molecule has 2 heterocycles. The molecule has 9 heteroatoms. The standard InChI is InChI=1S/C14H19F3N4O2/c1-9-11(10(2)23-20-9)8-18-5-4-13(22,14(15,16)17)12-19-6-7-21(12)3/h6-7,18,22H,4-5,8H2,1-3H3. The Morgan fingerprint density at radius 3 is 2.52 bits per heavy atom. The molecule has 0 saturated carbocycles. The van der Waals surface area contributed by atoms with Gasteiger partial charge in [0.2, 0.25) is 5.60 Å². The predicted octanol–water partition coefficient (Wildman–Crippen LogP) is 1.95. The molecule has 0 radical (unpaired) electrons. The predicted molar refractivity (Wildman–Crippen MR) is 75.5 cm³/mol. The Labute approximate surface area is 131 Å². The van der Waals surface area contributed by atoms with E-state index in [1.165, 1.54) is 24.0 Å². The van der Waals surface area contributed by atoms with Gasteiger partial charge in [0, 0.05) is 38.0 Å². The summed E-state index contributed by atoms with van der Waals surface area (Å²) < 4.78 is 46.1. The third-order valence-electron chi connectivity index (χ3n) is 3.81. The zero-order valence-corrected chi connectivity index (χ0v) is 13.1. The number of halogens is 3. The summed E-state index contributed by atoms with van der Waals surface area (Å²) in [6.45, 7) is 3.76. The van der Waals surface area contributed by atoms with Crippen LogP contribution in [0, 0.1) is 13.8 Å². The van der Waals surface area contributed by atoms with Gasteiger partial charge < -0.3 is 19.5 Å². The quantitative estimate of drug-likeness (QED) is 0.791.